The lowest BCUT2D eigenvalue weighted by Crippen LogP contribution is -2.26. The van der Waals surface area contributed by atoms with Crippen LogP contribution in [0.4, 0.5) is 0 Å². The number of rotatable bonds is 8. The highest BCUT2D eigenvalue weighted by Gasteiger charge is 2.16. The number of hydrogen-bond donors (Lipinski definition) is 2. The summed E-state index contributed by atoms with van der Waals surface area (Å²) in [6.45, 7) is 4.42. The molecule has 0 radical (unpaired) electrons. The van der Waals surface area contributed by atoms with Crippen LogP contribution in [0.15, 0.2) is 34.8 Å². The zero-order valence-corrected chi connectivity index (χ0v) is 12.9. The van der Waals surface area contributed by atoms with Crippen LogP contribution in [0.5, 0.6) is 0 Å². The van der Waals surface area contributed by atoms with E-state index in [1.807, 2.05) is 13.0 Å². The van der Waals surface area contributed by atoms with Crippen LogP contribution in [0.25, 0.3) is 0 Å². The zero-order chi connectivity index (χ0) is 14.4. The molecule has 0 amide bonds. The lowest BCUT2D eigenvalue weighted by Gasteiger charge is -2.04. The van der Waals surface area contributed by atoms with E-state index in [4.69, 9.17) is 0 Å². The van der Waals surface area contributed by atoms with Crippen molar-refractivity contribution < 1.29 is 8.42 Å². The number of thiophene rings is 1. The van der Waals surface area contributed by atoms with Gasteiger partial charge in [0, 0.05) is 30.4 Å². The molecule has 20 heavy (non-hydrogen) atoms. The Labute approximate surface area is 122 Å². The van der Waals surface area contributed by atoms with Gasteiger partial charge >= 0.3 is 0 Å². The Morgan fingerprint density at radius 2 is 2.25 bits per heavy atom. The molecule has 0 unspecified atom stereocenters. The van der Waals surface area contributed by atoms with E-state index in [-0.39, 0.29) is 0 Å². The van der Waals surface area contributed by atoms with Crippen LogP contribution >= 0.6 is 11.3 Å². The molecule has 0 atom stereocenters. The molecule has 0 aliphatic heterocycles. The Morgan fingerprint density at radius 1 is 1.40 bits per heavy atom. The smallest absolute Gasteiger partial charge is 0.250 e. The largest absolute Gasteiger partial charge is 0.312 e. The minimum atomic E-state index is -3.42. The molecular weight excluding hydrogens is 296 g/mol. The number of nitrogens with zero attached hydrogens (tertiary/aromatic N) is 2. The molecule has 2 aromatic heterocycles. The fourth-order valence-corrected chi connectivity index (χ4v) is 4.04. The van der Waals surface area contributed by atoms with Gasteiger partial charge in [0.1, 0.15) is 4.21 Å². The number of hydrogen-bond acceptors (Lipinski definition) is 5. The highest BCUT2D eigenvalue weighted by Crippen LogP contribution is 2.21. The van der Waals surface area contributed by atoms with E-state index >= 15 is 0 Å². The second-order valence-corrected chi connectivity index (χ2v) is 7.33. The number of nitrogens with one attached hydrogen (secondary N) is 2. The van der Waals surface area contributed by atoms with E-state index in [2.05, 4.69) is 15.1 Å². The lowest BCUT2D eigenvalue weighted by molar-refractivity contribution is 0.562. The third-order valence-corrected chi connectivity index (χ3v) is 5.68. The summed E-state index contributed by atoms with van der Waals surface area (Å²) >= 11 is 1.29. The fraction of sp³-hybridized carbons (Fsp3) is 0.417. The Morgan fingerprint density at radius 3 is 2.95 bits per heavy atom. The van der Waals surface area contributed by atoms with Crippen molar-refractivity contribution in [3.8, 4) is 0 Å². The molecular formula is C12H18N4O2S2. The molecule has 0 aromatic carbocycles. The quantitative estimate of drug-likeness (QED) is 0.763. The van der Waals surface area contributed by atoms with Crippen LogP contribution in [0.2, 0.25) is 0 Å². The van der Waals surface area contributed by atoms with E-state index in [0.29, 0.717) is 23.8 Å². The van der Waals surface area contributed by atoms with Gasteiger partial charge in [-0.15, -0.1) is 11.3 Å². The van der Waals surface area contributed by atoms with Crippen molar-refractivity contribution in [3.63, 3.8) is 0 Å². The molecule has 0 bridgehead atoms. The van der Waals surface area contributed by atoms with Crippen molar-refractivity contribution in [1.82, 2.24) is 19.8 Å². The highest BCUT2D eigenvalue weighted by molar-refractivity contribution is 7.91. The van der Waals surface area contributed by atoms with Crippen LogP contribution in [0.1, 0.15) is 11.8 Å². The maximum absolute atomic E-state index is 12.1. The van der Waals surface area contributed by atoms with Crippen molar-refractivity contribution in [2.24, 2.45) is 0 Å². The van der Waals surface area contributed by atoms with E-state index in [9.17, 15) is 8.42 Å². The van der Waals surface area contributed by atoms with Crippen LogP contribution in [0.3, 0.4) is 0 Å². The minimum Gasteiger partial charge on any atom is -0.312 e. The topological polar surface area (TPSA) is 76.0 Å². The van der Waals surface area contributed by atoms with Crippen molar-refractivity contribution >= 4 is 21.4 Å². The summed E-state index contributed by atoms with van der Waals surface area (Å²) in [6.07, 6.45) is 3.47. The summed E-state index contributed by atoms with van der Waals surface area (Å²) in [5.74, 6) is 0. The first-order valence-corrected chi connectivity index (χ1v) is 8.68. The molecule has 0 spiro atoms. The van der Waals surface area contributed by atoms with E-state index in [1.165, 1.54) is 11.3 Å². The maximum atomic E-state index is 12.1. The first-order valence-electron chi connectivity index (χ1n) is 6.38. The van der Waals surface area contributed by atoms with Gasteiger partial charge < -0.3 is 5.32 Å². The SMILES string of the molecule is CCNCc1ccc(S(=O)(=O)NCCn2cccn2)s1. The second-order valence-electron chi connectivity index (χ2n) is 4.17. The zero-order valence-electron chi connectivity index (χ0n) is 11.2. The van der Waals surface area contributed by atoms with Gasteiger partial charge in [-0.05, 0) is 24.7 Å². The van der Waals surface area contributed by atoms with Gasteiger partial charge in [-0.2, -0.15) is 5.10 Å². The van der Waals surface area contributed by atoms with Crippen LogP contribution < -0.4 is 10.0 Å². The summed E-state index contributed by atoms with van der Waals surface area (Å²) in [7, 11) is -3.42. The molecule has 110 valence electrons. The van der Waals surface area contributed by atoms with Crippen molar-refractivity contribution in [2.75, 3.05) is 13.1 Å². The van der Waals surface area contributed by atoms with Crippen molar-refractivity contribution in [2.45, 2.75) is 24.2 Å². The average molecular weight is 314 g/mol. The van der Waals surface area contributed by atoms with Crippen LogP contribution in [-0.4, -0.2) is 31.3 Å². The highest BCUT2D eigenvalue weighted by atomic mass is 32.2. The predicted octanol–water partition coefficient (Wildman–Crippen LogP) is 1.03. The Balaban J connectivity index is 1.90. The molecule has 0 aliphatic rings. The summed E-state index contributed by atoms with van der Waals surface area (Å²) in [6, 6.07) is 5.30. The predicted molar refractivity (Wildman–Crippen MR) is 79.1 cm³/mol. The Kier molecular flexibility index (Phi) is 5.30. The first-order chi connectivity index (χ1) is 9.62. The first kappa shape index (κ1) is 15.2. The van der Waals surface area contributed by atoms with Crippen molar-refractivity contribution in [3.05, 3.63) is 35.5 Å². The Bertz CT molecular complexity index is 620. The molecule has 0 saturated heterocycles. The minimum absolute atomic E-state index is 0.324. The number of sulfonamides is 1. The molecule has 2 rings (SSSR count). The van der Waals surface area contributed by atoms with Gasteiger partial charge in [-0.3, -0.25) is 4.68 Å². The van der Waals surface area contributed by atoms with Gasteiger partial charge in [0.05, 0.1) is 6.54 Å². The molecule has 0 fully saturated rings. The second kappa shape index (κ2) is 6.98. The summed E-state index contributed by atoms with van der Waals surface area (Å²) < 4.78 is 28.8. The van der Waals surface area contributed by atoms with Gasteiger partial charge in [0.25, 0.3) is 0 Å². The normalized spacial score (nSPS) is 11.8. The summed E-state index contributed by atoms with van der Waals surface area (Å²) in [5, 5.41) is 7.20. The maximum Gasteiger partial charge on any atom is 0.250 e. The van der Waals surface area contributed by atoms with E-state index < -0.39 is 10.0 Å². The monoisotopic (exact) mass is 314 g/mol. The molecule has 0 saturated carbocycles. The number of aromatic nitrogens is 2. The molecule has 2 N–H and O–H groups in total. The molecule has 2 heterocycles. The Hall–Kier alpha value is -1.22. The molecule has 6 nitrogen and oxygen atoms in total. The molecule has 0 aliphatic carbocycles. The standard InChI is InChI=1S/C12H18N4O2S2/c1-2-13-10-11-4-5-12(19-11)20(17,18)15-7-9-16-8-3-6-14-16/h3-6,8,13,15H,2,7,9-10H2,1H3. The van der Waals surface area contributed by atoms with Gasteiger partial charge in [0.2, 0.25) is 10.0 Å². The third-order valence-electron chi connectivity index (χ3n) is 2.64. The molecule has 2 aromatic rings. The van der Waals surface area contributed by atoms with Crippen LogP contribution in [-0.2, 0) is 23.1 Å². The van der Waals surface area contributed by atoms with Gasteiger partial charge in [-0.1, -0.05) is 6.92 Å². The molecule has 8 heteroatoms. The van der Waals surface area contributed by atoms with E-state index in [1.54, 1.807) is 29.2 Å². The average Bonchev–Trinajstić information content (AvgIpc) is 3.07. The van der Waals surface area contributed by atoms with Gasteiger partial charge in [-0.25, -0.2) is 13.1 Å². The van der Waals surface area contributed by atoms with Gasteiger partial charge in [0.15, 0.2) is 0 Å². The van der Waals surface area contributed by atoms with Crippen LogP contribution in [0, 0.1) is 0 Å². The van der Waals surface area contributed by atoms with Crippen molar-refractivity contribution in [1.29, 1.82) is 0 Å². The third kappa shape index (κ3) is 4.14. The summed E-state index contributed by atoms with van der Waals surface area (Å²) in [4.78, 5) is 1.01. The van der Waals surface area contributed by atoms with E-state index in [0.717, 1.165) is 11.4 Å². The lowest BCUT2D eigenvalue weighted by atomic mass is 10.4. The summed E-state index contributed by atoms with van der Waals surface area (Å²) in [5.41, 5.74) is 0. The fourth-order valence-electron chi connectivity index (χ4n) is 1.64.